The van der Waals surface area contributed by atoms with Crippen molar-refractivity contribution in [2.24, 2.45) is 11.7 Å². The summed E-state index contributed by atoms with van der Waals surface area (Å²) < 4.78 is 0. The number of hydrogen-bond acceptors (Lipinski definition) is 3. The van der Waals surface area contributed by atoms with Crippen LogP contribution in [0.1, 0.15) is 25.8 Å². The maximum atomic E-state index is 11.6. The largest absolute Gasteiger partial charge is 0.355 e. The molecule has 4 heteroatoms. The van der Waals surface area contributed by atoms with Gasteiger partial charge in [0.25, 0.3) is 0 Å². The van der Waals surface area contributed by atoms with E-state index >= 15 is 0 Å². The molecule has 0 saturated heterocycles. The molecule has 3 N–H and O–H groups in total. The molecular weight excluding hydrogens is 214 g/mol. The molecule has 0 aliphatic carbocycles. The maximum absolute atomic E-state index is 11.6. The Hall–Kier alpha value is -1.42. The second kappa shape index (κ2) is 7.01. The standard InChI is InChI=1S/C13H21N3O/c1-10(2)12(14)9-16-13(17)4-3-11-5-7-15-8-6-11/h5-8,10,12H,3-4,9,14H2,1-2H3,(H,16,17). The molecule has 0 bridgehead atoms. The Bertz CT molecular complexity index is 338. The summed E-state index contributed by atoms with van der Waals surface area (Å²) in [6.45, 7) is 4.65. The number of carbonyl (C=O) groups excluding carboxylic acids is 1. The Labute approximate surface area is 103 Å². The highest BCUT2D eigenvalue weighted by Crippen LogP contribution is 2.01. The maximum Gasteiger partial charge on any atom is 0.220 e. The van der Waals surface area contributed by atoms with Gasteiger partial charge in [0.15, 0.2) is 0 Å². The van der Waals surface area contributed by atoms with Crippen LogP contribution in [0.25, 0.3) is 0 Å². The fourth-order valence-corrected chi connectivity index (χ4v) is 1.36. The summed E-state index contributed by atoms with van der Waals surface area (Å²) in [5, 5.41) is 2.85. The normalized spacial score (nSPS) is 12.5. The first-order valence-electron chi connectivity index (χ1n) is 6.00. The van der Waals surface area contributed by atoms with Crippen LogP contribution in [0.2, 0.25) is 0 Å². The number of nitrogens with two attached hydrogens (primary N) is 1. The molecule has 1 rings (SSSR count). The number of nitrogens with one attached hydrogen (secondary N) is 1. The van der Waals surface area contributed by atoms with Crippen LogP contribution < -0.4 is 11.1 Å². The summed E-state index contributed by atoms with van der Waals surface area (Å²) in [6.07, 6.45) is 4.71. The number of pyridine rings is 1. The first-order valence-corrected chi connectivity index (χ1v) is 6.00. The van der Waals surface area contributed by atoms with Crippen molar-refractivity contribution >= 4 is 5.91 Å². The van der Waals surface area contributed by atoms with Gasteiger partial charge in [0, 0.05) is 31.4 Å². The third-order valence-corrected chi connectivity index (χ3v) is 2.78. The Kier molecular flexibility index (Phi) is 5.63. The van der Waals surface area contributed by atoms with E-state index in [1.54, 1.807) is 12.4 Å². The summed E-state index contributed by atoms with van der Waals surface area (Å²) in [5.41, 5.74) is 6.98. The molecule has 17 heavy (non-hydrogen) atoms. The molecule has 1 heterocycles. The quantitative estimate of drug-likeness (QED) is 0.776. The zero-order valence-corrected chi connectivity index (χ0v) is 10.5. The van der Waals surface area contributed by atoms with E-state index < -0.39 is 0 Å². The van der Waals surface area contributed by atoms with Gasteiger partial charge in [0.05, 0.1) is 0 Å². The second-order valence-electron chi connectivity index (χ2n) is 4.57. The van der Waals surface area contributed by atoms with Gasteiger partial charge >= 0.3 is 0 Å². The molecule has 0 aliphatic rings. The van der Waals surface area contributed by atoms with E-state index in [4.69, 9.17) is 5.73 Å². The van der Waals surface area contributed by atoms with Crippen LogP contribution in [0.5, 0.6) is 0 Å². The van der Waals surface area contributed by atoms with Gasteiger partial charge in [-0.1, -0.05) is 13.8 Å². The van der Waals surface area contributed by atoms with Gasteiger partial charge in [0.2, 0.25) is 5.91 Å². The topological polar surface area (TPSA) is 68.0 Å². The average Bonchev–Trinajstić information content (AvgIpc) is 2.34. The summed E-state index contributed by atoms with van der Waals surface area (Å²) in [4.78, 5) is 15.5. The van der Waals surface area contributed by atoms with Crippen molar-refractivity contribution in [3.8, 4) is 0 Å². The van der Waals surface area contributed by atoms with Crippen molar-refractivity contribution in [1.82, 2.24) is 10.3 Å². The van der Waals surface area contributed by atoms with Gasteiger partial charge in [-0.15, -0.1) is 0 Å². The van der Waals surface area contributed by atoms with Crippen molar-refractivity contribution in [1.29, 1.82) is 0 Å². The van der Waals surface area contributed by atoms with E-state index in [-0.39, 0.29) is 11.9 Å². The third-order valence-electron chi connectivity index (χ3n) is 2.78. The van der Waals surface area contributed by atoms with E-state index in [9.17, 15) is 4.79 Å². The van der Waals surface area contributed by atoms with Gasteiger partial charge < -0.3 is 11.1 Å². The zero-order chi connectivity index (χ0) is 12.7. The van der Waals surface area contributed by atoms with Crippen molar-refractivity contribution in [3.63, 3.8) is 0 Å². The van der Waals surface area contributed by atoms with Crippen molar-refractivity contribution in [2.45, 2.75) is 32.7 Å². The van der Waals surface area contributed by atoms with Gasteiger partial charge in [0.1, 0.15) is 0 Å². The van der Waals surface area contributed by atoms with Crippen LogP contribution in [-0.2, 0) is 11.2 Å². The summed E-state index contributed by atoms with van der Waals surface area (Å²) in [6, 6.07) is 3.88. The highest BCUT2D eigenvalue weighted by molar-refractivity contribution is 5.76. The predicted octanol–water partition coefficient (Wildman–Crippen LogP) is 1.11. The highest BCUT2D eigenvalue weighted by Gasteiger charge is 2.09. The number of aromatic nitrogens is 1. The van der Waals surface area contributed by atoms with Crippen LogP contribution in [0.4, 0.5) is 0 Å². The number of carbonyl (C=O) groups is 1. The van der Waals surface area contributed by atoms with E-state index in [0.717, 1.165) is 12.0 Å². The average molecular weight is 235 g/mol. The minimum absolute atomic E-state index is 0.0277. The molecule has 0 aliphatic heterocycles. The molecule has 0 fully saturated rings. The lowest BCUT2D eigenvalue weighted by Gasteiger charge is -2.16. The van der Waals surface area contributed by atoms with Crippen LogP contribution in [0.3, 0.4) is 0 Å². The zero-order valence-electron chi connectivity index (χ0n) is 10.5. The van der Waals surface area contributed by atoms with Crippen molar-refractivity contribution in [3.05, 3.63) is 30.1 Å². The molecule has 0 aromatic carbocycles. The molecule has 1 aromatic rings. The predicted molar refractivity (Wildman–Crippen MR) is 68.4 cm³/mol. The van der Waals surface area contributed by atoms with Gasteiger partial charge in [-0.2, -0.15) is 0 Å². The lowest BCUT2D eigenvalue weighted by Crippen LogP contribution is -2.40. The monoisotopic (exact) mass is 235 g/mol. The van der Waals surface area contributed by atoms with Gasteiger partial charge in [-0.25, -0.2) is 0 Å². The molecule has 4 nitrogen and oxygen atoms in total. The summed E-state index contributed by atoms with van der Waals surface area (Å²) in [5.74, 6) is 0.438. The van der Waals surface area contributed by atoms with Gasteiger partial charge in [-0.3, -0.25) is 9.78 Å². The Balaban J connectivity index is 2.22. The lowest BCUT2D eigenvalue weighted by atomic mass is 10.1. The number of nitrogens with zero attached hydrogens (tertiary/aromatic N) is 1. The molecule has 0 spiro atoms. The molecular formula is C13H21N3O. The molecule has 1 atom stereocenters. The first-order chi connectivity index (χ1) is 8.09. The molecule has 1 aromatic heterocycles. The van der Waals surface area contributed by atoms with Crippen LogP contribution in [-0.4, -0.2) is 23.5 Å². The Morgan fingerprint density at radius 2 is 2.06 bits per heavy atom. The number of rotatable bonds is 6. The Morgan fingerprint density at radius 1 is 1.41 bits per heavy atom. The molecule has 0 radical (unpaired) electrons. The van der Waals surface area contributed by atoms with Crippen LogP contribution in [0.15, 0.2) is 24.5 Å². The van der Waals surface area contributed by atoms with E-state index in [0.29, 0.717) is 18.9 Å². The smallest absolute Gasteiger partial charge is 0.220 e. The fraction of sp³-hybridized carbons (Fsp3) is 0.538. The van der Waals surface area contributed by atoms with E-state index in [2.05, 4.69) is 10.3 Å². The lowest BCUT2D eigenvalue weighted by molar-refractivity contribution is -0.121. The molecule has 1 amide bonds. The molecule has 94 valence electrons. The van der Waals surface area contributed by atoms with Crippen LogP contribution in [0, 0.1) is 5.92 Å². The second-order valence-corrected chi connectivity index (χ2v) is 4.57. The van der Waals surface area contributed by atoms with Crippen molar-refractivity contribution in [2.75, 3.05) is 6.54 Å². The highest BCUT2D eigenvalue weighted by atomic mass is 16.1. The number of amides is 1. The molecule has 1 unspecified atom stereocenters. The minimum atomic E-state index is 0.0277. The van der Waals surface area contributed by atoms with E-state index in [1.165, 1.54) is 0 Å². The first kappa shape index (κ1) is 13.6. The molecule has 0 saturated carbocycles. The van der Waals surface area contributed by atoms with Crippen LogP contribution >= 0.6 is 0 Å². The summed E-state index contributed by atoms with van der Waals surface area (Å²) >= 11 is 0. The third kappa shape index (κ3) is 5.45. The van der Waals surface area contributed by atoms with Gasteiger partial charge in [-0.05, 0) is 30.0 Å². The van der Waals surface area contributed by atoms with E-state index in [1.807, 2.05) is 26.0 Å². The Morgan fingerprint density at radius 3 is 2.65 bits per heavy atom. The minimum Gasteiger partial charge on any atom is -0.355 e. The summed E-state index contributed by atoms with van der Waals surface area (Å²) in [7, 11) is 0. The SMILES string of the molecule is CC(C)C(N)CNC(=O)CCc1ccncc1. The van der Waals surface area contributed by atoms with Crippen molar-refractivity contribution < 1.29 is 4.79 Å². The number of aryl methyl sites for hydroxylation is 1. The fourth-order valence-electron chi connectivity index (χ4n) is 1.36. The number of hydrogen-bond donors (Lipinski definition) is 2.